The fourth-order valence-electron chi connectivity index (χ4n) is 3.28. The summed E-state index contributed by atoms with van der Waals surface area (Å²) in [7, 11) is 0. The molecular formula is C18H25N7O. The van der Waals surface area contributed by atoms with E-state index in [0.717, 1.165) is 44.1 Å². The Morgan fingerprint density at radius 2 is 1.81 bits per heavy atom. The first-order valence-electron chi connectivity index (χ1n) is 9.30. The van der Waals surface area contributed by atoms with Crippen molar-refractivity contribution < 1.29 is 4.79 Å². The highest BCUT2D eigenvalue weighted by atomic mass is 16.2. The van der Waals surface area contributed by atoms with E-state index in [4.69, 9.17) is 0 Å². The van der Waals surface area contributed by atoms with Gasteiger partial charge in [-0.2, -0.15) is 0 Å². The Bertz CT molecular complexity index is 720. The molecule has 4 rings (SSSR count). The number of tetrazole rings is 1. The lowest BCUT2D eigenvalue weighted by atomic mass is 10.2. The average Bonchev–Trinajstić information content (AvgIpc) is 3.42. The van der Waals surface area contributed by atoms with E-state index in [9.17, 15) is 4.79 Å². The van der Waals surface area contributed by atoms with Crippen molar-refractivity contribution in [2.24, 2.45) is 0 Å². The summed E-state index contributed by atoms with van der Waals surface area (Å²) in [5.74, 6) is 1.04. The van der Waals surface area contributed by atoms with Crippen molar-refractivity contribution in [3.05, 3.63) is 41.7 Å². The molecule has 8 heteroatoms. The second-order valence-electron chi connectivity index (χ2n) is 7.09. The molecule has 1 saturated carbocycles. The zero-order chi connectivity index (χ0) is 17.8. The molecule has 26 heavy (non-hydrogen) atoms. The minimum Gasteiger partial charge on any atom is -0.351 e. The molecule has 0 unspecified atom stereocenters. The van der Waals surface area contributed by atoms with Gasteiger partial charge in [0.1, 0.15) is 0 Å². The third kappa shape index (κ3) is 4.44. The molecule has 1 amide bonds. The van der Waals surface area contributed by atoms with E-state index in [1.165, 1.54) is 12.8 Å². The Kier molecular flexibility index (Phi) is 5.21. The van der Waals surface area contributed by atoms with Crippen LogP contribution in [-0.4, -0.2) is 68.6 Å². The molecule has 2 aromatic rings. The second kappa shape index (κ2) is 7.92. The lowest BCUT2D eigenvalue weighted by Crippen LogP contribution is -2.49. The molecule has 1 N–H and O–H groups in total. The van der Waals surface area contributed by atoms with Crippen molar-refractivity contribution in [1.82, 2.24) is 35.3 Å². The van der Waals surface area contributed by atoms with Crippen molar-refractivity contribution in [3.8, 4) is 0 Å². The minimum absolute atomic E-state index is 0.0833. The summed E-state index contributed by atoms with van der Waals surface area (Å²) < 4.78 is 1.98. The smallest absolute Gasteiger partial charge is 0.234 e. The highest BCUT2D eigenvalue weighted by Crippen LogP contribution is 2.34. The average molecular weight is 355 g/mol. The molecule has 8 nitrogen and oxygen atoms in total. The van der Waals surface area contributed by atoms with E-state index in [1.54, 1.807) is 0 Å². The summed E-state index contributed by atoms with van der Waals surface area (Å²) in [5.41, 5.74) is 1.12. The number of hydrogen-bond donors (Lipinski definition) is 1. The standard InChI is InChI=1S/C18H25N7O/c26-18(19-12-15-4-2-1-3-5-15)14-24-10-8-23(9-11-24)13-17-20-21-22-25(17)16-6-7-16/h1-5,16H,6-14H2,(H,19,26). The number of nitrogens with one attached hydrogen (secondary N) is 1. The van der Waals surface area contributed by atoms with E-state index < -0.39 is 0 Å². The Balaban J connectivity index is 1.18. The van der Waals surface area contributed by atoms with E-state index in [0.29, 0.717) is 19.1 Å². The third-order valence-corrected chi connectivity index (χ3v) is 4.98. The van der Waals surface area contributed by atoms with Crippen molar-refractivity contribution in [3.63, 3.8) is 0 Å². The number of aromatic nitrogens is 4. The number of carbonyl (C=O) groups is 1. The van der Waals surface area contributed by atoms with Gasteiger partial charge in [0.25, 0.3) is 0 Å². The van der Waals surface area contributed by atoms with Crippen LogP contribution in [0.2, 0.25) is 0 Å². The fraction of sp³-hybridized carbons (Fsp3) is 0.556. The summed E-state index contributed by atoms with van der Waals surface area (Å²) in [6, 6.07) is 10.5. The molecule has 1 aromatic carbocycles. The summed E-state index contributed by atoms with van der Waals surface area (Å²) in [6.07, 6.45) is 2.37. The van der Waals surface area contributed by atoms with E-state index in [1.807, 2.05) is 35.0 Å². The number of carbonyl (C=O) groups excluding carboxylic acids is 1. The topological polar surface area (TPSA) is 79.2 Å². The van der Waals surface area contributed by atoms with Gasteiger partial charge in [-0.1, -0.05) is 30.3 Å². The van der Waals surface area contributed by atoms with Crippen LogP contribution in [0.3, 0.4) is 0 Å². The summed E-state index contributed by atoms with van der Waals surface area (Å²) in [6.45, 7) is 5.49. The van der Waals surface area contributed by atoms with Crippen LogP contribution in [0.4, 0.5) is 0 Å². The van der Waals surface area contributed by atoms with Crippen LogP contribution in [-0.2, 0) is 17.9 Å². The molecule has 1 aliphatic heterocycles. The maximum absolute atomic E-state index is 12.2. The lowest BCUT2D eigenvalue weighted by molar-refractivity contribution is -0.122. The van der Waals surface area contributed by atoms with E-state index in [-0.39, 0.29) is 5.91 Å². The van der Waals surface area contributed by atoms with Gasteiger partial charge in [0.05, 0.1) is 19.1 Å². The highest BCUT2D eigenvalue weighted by molar-refractivity contribution is 5.78. The van der Waals surface area contributed by atoms with Crippen LogP contribution in [0.5, 0.6) is 0 Å². The van der Waals surface area contributed by atoms with Crippen LogP contribution in [0.15, 0.2) is 30.3 Å². The predicted molar refractivity (Wildman–Crippen MR) is 96.1 cm³/mol. The van der Waals surface area contributed by atoms with Crippen LogP contribution in [0.25, 0.3) is 0 Å². The molecule has 0 radical (unpaired) electrons. The molecule has 2 fully saturated rings. The molecule has 1 saturated heterocycles. The Hall–Kier alpha value is -2.32. The number of nitrogens with zero attached hydrogens (tertiary/aromatic N) is 6. The minimum atomic E-state index is 0.0833. The van der Waals surface area contributed by atoms with Crippen LogP contribution < -0.4 is 5.32 Å². The van der Waals surface area contributed by atoms with Crippen molar-refractivity contribution in [1.29, 1.82) is 0 Å². The number of rotatable bonds is 7. The predicted octanol–water partition coefficient (Wildman–Crippen LogP) is 0.442. The van der Waals surface area contributed by atoms with Gasteiger partial charge < -0.3 is 5.32 Å². The van der Waals surface area contributed by atoms with Crippen molar-refractivity contribution in [2.45, 2.75) is 32.0 Å². The molecule has 138 valence electrons. The first-order chi connectivity index (χ1) is 12.8. The fourth-order valence-corrected chi connectivity index (χ4v) is 3.28. The molecule has 2 heterocycles. The summed E-state index contributed by atoms with van der Waals surface area (Å²) in [5, 5.41) is 15.1. The Morgan fingerprint density at radius 1 is 1.08 bits per heavy atom. The highest BCUT2D eigenvalue weighted by Gasteiger charge is 2.29. The van der Waals surface area contributed by atoms with Gasteiger partial charge in [-0.15, -0.1) is 5.10 Å². The Labute approximate surface area is 153 Å². The zero-order valence-corrected chi connectivity index (χ0v) is 14.9. The first-order valence-corrected chi connectivity index (χ1v) is 9.30. The number of benzene rings is 1. The SMILES string of the molecule is O=C(CN1CCN(Cc2nnnn2C2CC2)CC1)NCc1ccccc1. The quantitative estimate of drug-likeness (QED) is 0.777. The summed E-state index contributed by atoms with van der Waals surface area (Å²) in [4.78, 5) is 16.7. The van der Waals surface area contributed by atoms with Gasteiger partial charge in [0, 0.05) is 32.7 Å². The van der Waals surface area contributed by atoms with E-state index in [2.05, 4.69) is 30.6 Å². The molecule has 1 aliphatic carbocycles. The monoisotopic (exact) mass is 355 g/mol. The normalized spacial score (nSPS) is 18.8. The largest absolute Gasteiger partial charge is 0.351 e. The maximum Gasteiger partial charge on any atom is 0.234 e. The van der Waals surface area contributed by atoms with E-state index >= 15 is 0 Å². The van der Waals surface area contributed by atoms with Crippen LogP contribution in [0.1, 0.15) is 30.3 Å². The lowest BCUT2D eigenvalue weighted by Gasteiger charge is -2.33. The van der Waals surface area contributed by atoms with Gasteiger partial charge in [0.15, 0.2) is 5.82 Å². The van der Waals surface area contributed by atoms with Gasteiger partial charge in [-0.25, -0.2) is 4.68 Å². The molecule has 2 aliphatic rings. The van der Waals surface area contributed by atoms with Gasteiger partial charge >= 0.3 is 0 Å². The maximum atomic E-state index is 12.2. The number of amides is 1. The van der Waals surface area contributed by atoms with Crippen LogP contribution >= 0.6 is 0 Å². The second-order valence-corrected chi connectivity index (χ2v) is 7.09. The molecule has 1 aromatic heterocycles. The molecule has 0 spiro atoms. The Morgan fingerprint density at radius 3 is 2.54 bits per heavy atom. The van der Waals surface area contributed by atoms with Gasteiger partial charge in [-0.05, 0) is 28.8 Å². The zero-order valence-electron chi connectivity index (χ0n) is 14.9. The van der Waals surface area contributed by atoms with Crippen molar-refractivity contribution >= 4 is 5.91 Å². The van der Waals surface area contributed by atoms with Crippen LogP contribution in [0, 0.1) is 0 Å². The third-order valence-electron chi connectivity index (χ3n) is 4.98. The molecule has 0 bridgehead atoms. The number of hydrogen-bond acceptors (Lipinski definition) is 6. The summed E-state index contributed by atoms with van der Waals surface area (Å²) >= 11 is 0. The van der Waals surface area contributed by atoms with Crippen molar-refractivity contribution in [2.75, 3.05) is 32.7 Å². The molecule has 0 atom stereocenters. The number of piperazine rings is 1. The molecular weight excluding hydrogens is 330 g/mol. The van der Waals surface area contributed by atoms with Gasteiger partial charge in [0.2, 0.25) is 5.91 Å². The van der Waals surface area contributed by atoms with Gasteiger partial charge in [-0.3, -0.25) is 14.6 Å². The first kappa shape index (κ1) is 17.1.